The summed E-state index contributed by atoms with van der Waals surface area (Å²) in [6, 6.07) is 8.89. The molecule has 0 saturated carbocycles. The molecule has 3 heterocycles. The van der Waals surface area contributed by atoms with Crippen LogP contribution in [0, 0.1) is 0 Å². The highest BCUT2D eigenvalue weighted by atomic mass is 35.5. The smallest absolute Gasteiger partial charge is 0.254 e. The van der Waals surface area contributed by atoms with E-state index >= 15 is 0 Å². The number of likely N-dealkylation sites (tertiary alicyclic amines) is 1. The van der Waals surface area contributed by atoms with E-state index in [9.17, 15) is 9.59 Å². The SMILES string of the molecule is CNC(=O)c1ccc(Oc2ccc3c(c2)CCN(CCN2CCCC2)C3=O)nc1.Cl. The van der Waals surface area contributed by atoms with Crippen molar-refractivity contribution in [2.24, 2.45) is 0 Å². The molecular weight excluding hydrogens is 404 g/mol. The Hall–Kier alpha value is -2.64. The Kier molecular flexibility index (Phi) is 7.29. The first kappa shape index (κ1) is 22.1. The average molecular weight is 431 g/mol. The molecule has 0 unspecified atom stereocenters. The third kappa shape index (κ3) is 4.91. The Labute approximate surface area is 182 Å². The number of nitrogens with zero attached hydrogens (tertiary/aromatic N) is 3. The van der Waals surface area contributed by atoms with Crippen LogP contribution < -0.4 is 10.1 Å². The monoisotopic (exact) mass is 430 g/mol. The van der Waals surface area contributed by atoms with Gasteiger partial charge in [0, 0.05) is 44.5 Å². The van der Waals surface area contributed by atoms with E-state index in [1.54, 1.807) is 25.2 Å². The average Bonchev–Trinajstić information content (AvgIpc) is 3.27. The van der Waals surface area contributed by atoms with Crippen LogP contribution >= 0.6 is 12.4 Å². The Bertz CT molecular complexity index is 898. The molecule has 160 valence electrons. The highest BCUT2D eigenvalue weighted by Crippen LogP contribution is 2.27. The van der Waals surface area contributed by atoms with Gasteiger partial charge < -0.3 is 19.9 Å². The molecule has 1 aromatic carbocycles. The summed E-state index contributed by atoms with van der Waals surface area (Å²) in [6.07, 6.45) is 4.83. The minimum atomic E-state index is -0.189. The van der Waals surface area contributed by atoms with Crippen molar-refractivity contribution in [2.75, 3.05) is 39.8 Å². The second-order valence-corrected chi connectivity index (χ2v) is 7.48. The van der Waals surface area contributed by atoms with E-state index in [4.69, 9.17) is 4.74 Å². The molecule has 0 radical (unpaired) electrons. The molecule has 7 nitrogen and oxygen atoms in total. The van der Waals surface area contributed by atoms with E-state index in [1.807, 2.05) is 17.0 Å². The van der Waals surface area contributed by atoms with Crippen molar-refractivity contribution < 1.29 is 14.3 Å². The molecule has 2 aliphatic heterocycles. The largest absolute Gasteiger partial charge is 0.439 e. The van der Waals surface area contributed by atoms with Crippen LogP contribution in [0.1, 0.15) is 39.1 Å². The number of hydrogen-bond donors (Lipinski definition) is 1. The summed E-state index contributed by atoms with van der Waals surface area (Å²) in [5, 5.41) is 2.56. The number of ether oxygens (including phenoxy) is 1. The van der Waals surface area contributed by atoms with Crippen molar-refractivity contribution in [3.63, 3.8) is 0 Å². The molecule has 0 spiro atoms. The number of pyridine rings is 1. The highest BCUT2D eigenvalue weighted by Gasteiger charge is 2.25. The van der Waals surface area contributed by atoms with Gasteiger partial charge in [-0.25, -0.2) is 4.98 Å². The molecule has 0 aliphatic carbocycles. The lowest BCUT2D eigenvalue weighted by Crippen LogP contribution is -2.42. The molecule has 2 amide bonds. The van der Waals surface area contributed by atoms with E-state index < -0.39 is 0 Å². The van der Waals surface area contributed by atoms with Gasteiger partial charge in [0.05, 0.1) is 5.56 Å². The predicted octanol–water partition coefficient (Wildman–Crippen LogP) is 2.75. The molecule has 1 fully saturated rings. The zero-order valence-electron chi connectivity index (χ0n) is 17.1. The summed E-state index contributed by atoms with van der Waals surface area (Å²) >= 11 is 0. The van der Waals surface area contributed by atoms with Crippen LogP contribution in [0.2, 0.25) is 0 Å². The topological polar surface area (TPSA) is 74.8 Å². The number of carbonyl (C=O) groups is 2. The van der Waals surface area contributed by atoms with Crippen LogP contribution in [-0.4, -0.2) is 66.4 Å². The van der Waals surface area contributed by atoms with E-state index in [-0.39, 0.29) is 24.2 Å². The number of nitrogens with one attached hydrogen (secondary N) is 1. The second-order valence-electron chi connectivity index (χ2n) is 7.48. The fraction of sp³-hybridized carbons (Fsp3) is 0.409. The number of halogens is 1. The molecule has 8 heteroatoms. The summed E-state index contributed by atoms with van der Waals surface area (Å²) < 4.78 is 5.82. The Morgan fingerprint density at radius 2 is 1.93 bits per heavy atom. The number of rotatable bonds is 6. The summed E-state index contributed by atoms with van der Waals surface area (Å²) in [4.78, 5) is 33.0. The van der Waals surface area contributed by atoms with Crippen molar-refractivity contribution in [1.82, 2.24) is 20.1 Å². The number of benzene rings is 1. The second kappa shape index (κ2) is 9.91. The molecule has 2 aliphatic rings. The summed E-state index contributed by atoms with van der Waals surface area (Å²) in [7, 11) is 1.58. The molecule has 0 atom stereocenters. The molecule has 0 bridgehead atoms. The summed E-state index contributed by atoms with van der Waals surface area (Å²) in [6.45, 7) is 4.79. The third-order valence-corrected chi connectivity index (χ3v) is 5.58. The molecule has 2 aromatic rings. The maximum Gasteiger partial charge on any atom is 0.254 e. The molecular formula is C22H27ClN4O3. The van der Waals surface area contributed by atoms with Crippen molar-refractivity contribution in [3.05, 3.63) is 53.2 Å². The molecule has 1 saturated heterocycles. The lowest BCUT2D eigenvalue weighted by Gasteiger charge is -2.30. The Morgan fingerprint density at radius 3 is 2.63 bits per heavy atom. The normalized spacial score (nSPS) is 16.0. The van der Waals surface area contributed by atoms with E-state index in [0.29, 0.717) is 17.2 Å². The van der Waals surface area contributed by atoms with Gasteiger partial charge in [-0.05, 0) is 62.2 Å². The first-order valence-corrected chi connectivity index (χ1v) is 10.1. The zero-order chi connectivity index (χ0) is 20.2. The lowest BCUT2D eigenvalue weighted by molar-refractivity contribution is 0.0724. The zero-order valence-corrected chi connectivity index (χ0v) is 17.9. The Morgan fingerprint density at radius 1 is 1.13 bits per heavy atom. The van der Waals surface area contributed by atoms with Crippen LogP contribution in [0.15, 0.2) is 36.5 Å². The maximum atomic E-state index is 12.8. The molecule has 4 rings (SSSR count). The van der Waals surface area contributed by atoms with Gasteiger partial charge >= 0.3 is 0 Å². The van der Waals surface area contributed by atoms with Gasteiger partial charge in [0.15, 0.2) is 0 Å². The quantitative estimate of drug-likeness (QED) is 0.762. The fourth-order valence-electron chi connectivity index (χ4n) is 3.90. The number of aromatic nitrogens is 1. The van der Waals surface area contributed by atoms with Gasteiger partial charge in [0.1, 0.15) is 5.75 Å². The minimum absolute atomic E-state index is 0. The summed E-state index contributed by atoms with van der Waals surface area (Å²) in [5.41, 5.74) is 2.24. The van der Waals surface area contributed by atoms with Gasteiger partial charge in [0.25, 0.3) is 11.8 Å². The molecule has 1 aromatic heterocycles. The standard InChI is InChI=1S/C22H26N4O3.ClH/c1-23-21(27)17-4-7-20(24-15-17)29-18-5-6-19-16(14-18)8-11-26(22(19)28)13-12-25-9-2-3-10-25;/h4-7,14-15H,2-3,8-13H2,1H3,(H,23,27);1H. The van der Waals surface area contributed by atoms with Gasteiger partial charge in [-0.1, -0.05) is 0 Å². The van der Waals surface area contributed by atoms with E-state index in [2.05, 4.69) is 15.2 Å². The van der Waals surface area contributed by atoms with Crippen LogP contribution in [0.3, 0.4) is 0 Å². The Balaban J connectivity index is 0.00000256. The van der Waals surface area contributed by atoms with Crippen LogP contribution in [0.5, 0.6) is 11.6 Å². The van der Waals surface area contributed by atoms with Crippen molar-refractivity contribution in [2.45, 2.75) is 19.3 Å². The number of hydrogen-bond acceptors (Lipinski definition) is 5. The number of fused-ring (bicyclic) bond motifs is 1. The lowest BCUT2D eigenvalue weighted by atomic mass is 9.98. The van der Waals surface area contributed by atoms with Crippen LogP contribution in [0.4, 0.5) is 0 Å². The maximum absolute atomic E-state index is 12.8. The van der Waals surface area contributed by atoms with Crippen molar-refractivity contribution in [1.29, 1.82) is 0 Å². The van der Waals surface area contributed by atoms with Crippen LogP contribution in [0.25, 0.3) is 0 Å². The molecule has 30 heavy (non-hydrogen) atoms. The number of amides is 2. The number of carbonyl (C=O) groups excluding carboxylic acids is 2. The summed E-state index contributed by atoms with van der Waals surface area (Å²) in [5.74, 6) is 0.963. The van der Waals surface area contributed by atoms with Crippen molar-refractivity contribution in [3.8, 4) is 11.6 Å². The van der Waals surface area contributed by atoms with Gasteiger partial charge in [-0.2, -0.15) is 0 Å². The first-order chi connectivity index (χ1) is 14.1. The van der Waals surface area contributed by atoms with Crippen molar-refractivity contribution >= 4 is 24.2 Å². The van der Waals surface area contributed by atoms with E-state index in [0.717, 1.165) is 50.3 Å². The first-order valence-electron chi connectivity index (χ1n) is 10.1. The van der Waals surface area contributed by atoms with Gasteiger partial charge in [0.2, 0.25) is 5.88 Å². The fourth-order valence-corrected chi connectivity index (χ4v) is 3.90. The third-order valence-electron chi connectivity index (χ3n) is 5.58. The minimum Gasteiger partial charge on any atom is -0.439 e. The van der Waals surface area contributed by atoms with Gasteiger partial charge in [-0.15, -0.1) is 12.4 Å². The van der Waals surface area contributed by atoms with Crippen LogP contribution in [-0.2, 0) is 6.42 Å². The molecule has 1 N–H and O–H groups in total. The highest BCUT2D eigenvalue weighted by molar-refractivity contribution is 5.97. The predicted molar refractivity (Wildman–Crippen MR) is 117 cm³/mol. The van der Waals surface area contributed by atoms with E-state index in [1.165, 1.54) is 19.0 Å². The van der Waals surface area contributed by atoms with Gasteiger partial charge in [-0.3, -0.25) is 9.59 Å².